The van der Waals surface area contributed by atoms with E-state index < -0.39 is 46.6 Å². The minimum absolute atomic E-state index is 0.140. The Bertz CT molecular complexity index is 2080. The second-order valence-electron chi connectivity index (χ2n) is 13.0. The van der Waals surface area contributed by atoms with Gasteiger partial charge in [0.2, 0.25) is 11.8 Å². The molecular weight excluding hydrogens is 629 g/mol. The van der Waals surface area contributed by atoms with Crippen LogP contribution in [0.25, 0.3) is 5.57 Å². The number of benzene rings is 4. The number of amides is 2. The zero-order valence-corrected chi connectivity index (χ0v) is 26.3. The molecule has 48 heavy (non-hydrogen) atoms. The molecule has 6 unspecified atom stereocenters. The van der Waals surface area contributed by atoms with Gasteiger partial charge in [-0.3, -0.25) is 24.1 Å². The lowest BCUT2D eigenvalue weighted by molar-refractivity contribution is -0.135. The van der Waals surface area contributed by atoms with Crippen LogP contribution in [-0.2, 0) is 24.6 Å². The second kappa shape index (κ2) is 11.2. The fourth-order valence-corrected chi connectivity index (χ4v) is 8.92. The minimum Gasteiger partial charge on any atom is -0.505 e. The number of allylic oxidation sites excluding steroid dienone is 4. The molecule has 6 nitrogen and oxygen atoms in total. The first-order chi connectivity index (χ1) is 23.2. The summed E-state index contributed by atoms with van der Waals surface area (Å²) in [4.78, 5) is 59.3. The summed E-state index contributed by atoms with van der Waals surface area (Å²) in [5.74, 6) is -6.50. The Hall–Kier alpha value is -5.14. The van der Waals surface area contributed by atoms with Gasteiger partial charge in [0, 0.05) is 22.4 Å². The van der Waals surface area contributed by atoms with Crippen LogP contribution in [0.15, 0.2) is 121 Å². The molecule has 238 valence electrons. The highest BCUT2D eigenvalue weighted by Gasteiger charge is 2.66. The highest BCUT2D eigenvalue weighted by molar-refractivity contribution is 6.32. The van der Waals surface area contributed by atoms with Crippen LogP contribution in [0.2, 0.25) is 5.02 Å². The third-order valence-electron chi connectivity index (χ3n) is 10.8. The average Bonchev–Trinajstić information content (AvgIpc) is 3.36. The molecule has 4 aromatic carbocycles. The lowest BCUT2D eigenvalue weighted by atomic mass is 9.44. The molecular formula is C40H29ClFNO5. The van der Waals surface area contributed by atoms with Crippen molar-refractivity contribution in [3.63, 3.8) is 0 Å². The quantitative estimate of drug-likeness (QED) is 0.185. The summed E-state index contributed by atoms with van der Waals surface area (Å²) in [5, 5.41) is 10.6. The highest BCUT2D eigenvalue weighted by Crippen LogP contribution is 2.63. The van der Waals surface area contributed by atoms with Crippen molar-refractivity contribution in [2.24, 2.45) is 23.7 Å². The first kappa shape index (κ1) is 30.2. The third-order valence-corrected chi connectivity index (χ3v) is 11.0. The molecule has 4 aliphatic rings. The van der Waals surface area contributed by atoms with Crippen molar-refractivity contribution in [3.8, 4) is 5.75 Å². The van der Waals surface area contributed by atoms with Crippen LogP contribution in [0, 0.1) is 29.5 Å². The first-order valence-electron chi connectivity index (χ1n) is 15.9. The molecule has 2 amide bonds. The van der Waals surface area contributed by atoms with E-state index in [2.05, 4.69) is 0 Å². The molecule has 1 heterocycles. The van der Waals surface area contributed by atoms with E-state index in [-0.39, 0.29) is 41.8 Å². The summed E-state index contributed by atoms with van der Waals surface area (Å²) < 4.78 is 15.2. The highest BCUT2D eigenvalue weighted by atomic mass is 35.5. The zero-order chi connectivity index (χ0) is 33.3. The van der Waals surface area contributed by atoms with Gasteiger partial charge in [-0.05, 0) is 77.9 Å². The Morgan fingerprint density at radius 2 is 1.50 bits per heavy atom. The van der Waals surface area contributed by atoms with Crippen LogP contribution in [0.4, 0.5) is 10.1 Å². The monoisotopic (exact) mass is 657 g/mol. The van der Waals surface area contributed by atoms with Crippen LogP contribution < -0.4 is 4.90 Å². The molecule has 0 radical (unpaired) electrons. The number of Topliss-reactive ketones (excluding diaryl/α,β-unsaturated/α-hetero) is 1. The summed E-state index contributed by atoms with van der Waals surface area (Å²) in [6.07, 6.45) is 3.73. The maximum absolute atomic E-state index is 15.2. The van der Waals surface area contributed by atoms with E-state index >= 15 is 4.39 Å². The van der Waals surface area contributed by atoms with Crippen LogP contribution in [0.5, 0.6) is 5.75 Å². The lowest BCUT2D eigenvalue weighted by Gasteiger charge is -2.55. The average molecular weight is 658 g/mol. The van der Waals surface area contributed by atoms with Crippen LogP contribution in [-0.4, -0.2) is 28.5 Å². The van der Waals surface area contributed by atoms with E-state index in [4.69, 9.17) is 11.6 Å². The number of phenols is 1. The smallest absolute Gasteiger partial charge is 0.238 e. The van der Waals surface area contributed by atoms with Crippen molar-refractivity contribution in [1.29, 1.82) is 0 Å². The number of aromatic hydroxyl groups is 1. The van der Waals surface area contributed by atoms with E-state index in [0.717, 1.165) is 5.57 Å². The van der Waals surface area contributed by atoms with Crippen molar-refractivity contribution in [1.82, 2.24) is 0 Å². The van der Waals surface area contributed by atoms with Gasteiger partial charge in [0.15, 0.2) is 23.1 Å². The fraction of sp³-hybridized carbons (Fsp3) is 0.200. The van der Waals surface area contributed by atoms with Gasteiger partial charge >= 0.3 is 0 Å². The van der Waals surface area contributed by atoms with Crippen molar-refractivity contribution in [2.45, 2.75) is 24.2 Å². The van der Waals surface area contributed by atoms with Gasteiger partial charge in [0.25, 0.3) is 0 Å². The van der Waals surface area contributed by atoms with Crippen molar-refractivity contribution < 1.29 is 28.7 Å². The molecule has 0 spiro atoms. The predicted molar refractivity (Wildman–Crippen MR) is 179 cm³/mol. The number of ketones is 2. The van der Waals surface area contributed by atoms with E-state index in [9.17, 15) is 24.3 Å². The first-order valence-corrected chi connectivity index (χ1v) is 16.3. The number of carbonyl (C=O) groups is 4. The van der Waals surface area contributed by atoms with Gasteiger partial charge < -0.3 is 5.11 Å². The Morgan fingerprint density at radius 3 is 2.19 bits per heavy atom. The number of hydrogen-bond donors (Lipinski definition) is 1. The molecule has 1 saturated heterocycles. The van der Waals surface area contributed by atoms with E-state index in [1.54, 1.807) is 54.6 Å². The van der Waals surface area contributed by atoms with Crippen LogP contribution in [0.3, 0.4) is 0 Å². The SMILES string of the molecule is O=C1C(c2ccccc2)=CC(=O)C2(c3ccccc3)C1CC1C(=CCC3C(=O)N(c4ccc(Cl)cc4)C(=O)C31)C2c1ccc(O)c(F)c1. The number of carbonyl (C=O) groups excluding carboxylic acids is 4. The fourth-order valence-electron chi connectivity index (χ4n) is 8.80. The Morgan fingerprint density at radius 1 is 0.812 bits per heavy atom. The molecule has 2 fully saturated rings. The Kier molecular flexibility index (Phi) is 7.07. The van der Waals surface area contributed by atoms with Gasteiger partial charge in [-0.1, -0.05) is 90.0 Å². The summed E-state index contributed by atoms with van der Waals surface area (Å²) in [6, 6.07) is 28.7. The van der Waals surface area contributed by atoms with Gasteiger partial charge in [-0.15, -0.1) is 0 Å². The third kappa shape index (κ3) is 4.30. The standard InChI is InChI=1S/C40H29ClFNO5/c41-25-12-14-26(15-13-25)43-38(47)28-17-16-27-30(35(28)39(43)48)20-31-37(46)29(22-7-3-1-4-8-22)21-34(45)40(31,24-9-5-2-6-10-24)36(27)23-11-18-33(44)32(42)19-23/h1-16,18-19,21,28,30-31,35-36,44H,17,20H2. The number of rotatable bonds is 4. The van der Waals surface area contributed by atoms with E-state index in [0.29, 0.717) is 27.4 Å². The predicted octanol–water partition coefficient (Wildman–Crippen LogP) is 7.21. The lowest BCUT2D eigenvalue weighted by Crippen LogP contribution is -2.58. The largest absolute Gasteiger partial charge is 0.505 e. The molecule has 1 N–H and O–H groups in total. The number of halogens is 2. The molecule has 8 heteroatoms. The Balaban J connectivity index is 1.36. The van der Waals surface area contributed by atoms with Crippen molar-refractivity contribution in [3.05, 3.63) is 148 Å². The number of phenolic OH excluding ortho intramolecular Hbond substituents is 1. The van der Waals surface area contributed by atoms with Crippen molar-refractivity contribution in [2.75, 3.05) is 4.90 Å². The summed E-state index contributed by atoms with van der Waals surface area (Å²) in [6.45, 7) is 0. The maximum atomic E-state index is 15.2. The van der Waals surface area contributed by atoms with Crippen molar-refractivity contribution >= 4 is 46.2 Å². The molecule has 8 rings (SSSR count). The van der Waals surface area contributed by atoms with Gasteiger partial charge in [0.1, 0.15) is 0 Å². The van der Waals surface area contributed by atoms with Crippen LogP contribution in [0.1, 0.15) is 35.4 Å². The maximum Gasteiger partial charge on any atom is 0.238 e. The van der Waals surface area contributed by atoms with Gasteiger partial charge in [-0.2, -0.15) is 0 Å². The topological polar surface area (TPSA) is 91.8 Å². The number of fused-ring (bicyclic) bond motifs is 4. The summed E-state index contributed by atoms with van der Waals surface area (Å²) >= 11 is 6.11. The molecule has 1 saturated carbocycles. The molecule has 3 aliphatic carbocycles. The normalized spacial score (nSPS) is 28.0. The molecule has 6 atom stereocenters. The number of anilines is 1. The number of hydrogen-bond acceptors (Lipinski definition) is 5. The molecule has 0 aromatic heterocycles. The number of nitrogens with zero attached hydrogens (tertiary/aromatic N) is 1. The number of imide groups is 1. The van der Waals surface area contributed by atoms with Gasteiger partial charge in [-0.25, -0.2) is 4.39 Å². The summed E-state index contributed by atoms with van der Waals surface area (Å²) in [7, 11) is 0. The van der Waals surface area contributed by atoms with Crippen LogP contribution >= 0.6 is 11.6 Å². The Labute approximate surface area is 281 Å². The van der Waals surface area contributed by atoms with E-state index in [1.807, 2.05) is 42.5 Å². The molecule has 4 aromatic rings. The summed E-state index contributed by atoms with van der Waals surface area (Å²) in [5.41, 5.74) is 1.55. The molecule has 1 aliphatic heterocycles. The zero-order valence-electron chi connectivity index (χ0n) is 25.6. The second-order valence-corrected chi connectivity index (χ2v) is 13.4. The molecule has 0 bridgehead atoms. The van der Waals surface area contributed by atoms with E-state index in [1.165, 1.54) is 23.1 Å². The van der Waals surface area contributed by atoms with Gasteiger partial charge in [0.05, 0.1) is 22.9 Å². The minimum atomic E-state index is -1.48.